The molecule has 0 radical (unpaired) electrons. The zero-order chi connectivity index (χ0) is 17.2. The van der Waals surface area contributed by atoms with Crippen molar-refractivity contribution in [2.24, 2.45) is 4.99 Å². The van der Waals surface area contributed by atoms with Crippen LogP contribution in [0.1, 0.15) is 34.0 Å². The molecule has 0 fully saturated rings. The third kappa shape index (κ3) is 3.38. The average molecular weight is 345 g/mol. The monoisotopic (exact) mass is 345 g/mol. The van der Waals surface area contributed by atoms with E-state index >= 15 is 0 Å². The van der Waals surface area contributed by atoms with E-state index in [9.17, 15) is 4.79 Å². The molecule has 2 aromatic carbocycles. The third-order valence-corrected chi connectivity index (χ3v) is 5.63. The molecule has 2 aromatic rings. The van der Waals surface area contributed by atoms with Gasteiger partial charge in [0.05, 0.1) is 5.04 Å². The van der Waals surface area contributed by atoms with Crippen LogP contribution in [0.4, 0.5) is 0 Å². The summed E-state index contributed by atoms with van der Waals surface area (Å²) in [5, 5.41) is 1.15. The summed E-state index contributed by atoms with van der Waals surface area (Å²) in [5.41, 5.74) is 6.72. The number of carbonyl (C=O) groups is 1. The van der Waals surface area contributed by atoms with Crippen LogP contribution in [0.5, 0.6) is 0 Å². The van der Waals surface area contributed by atoms with E-state index in [4.69, 9.17) is 0 Å². The van der Waals surface area contributed by atoms with Crippen LogP contribution in [-0.2, 0) is 6.42 Å². The number of aliphatic imine (C=N–C) groups is 1. The molecular formula is C22H19NOS. The van der Waals surface area contributed by atoms with E-state index in [1.807, 2.05) is 42.1 Å². The highest BCUT2D eigenvalue weighted by atomic mass is 32.2. The summed E-state index contributed by atoms with van der Waals surface area (Å²) < 4.78 is 0. The average Bonchev–Trinajstić information content (AvgIpc) is 3.17. The maximum Gasteiger partial charge on any atom is 0.186 e. The SMILES string of the molecule is CC1=Cc2cc(C3=NCCS3)ccc2CC1=CC(=O)c1ccccc1. The molecule has 1 heterocycles. The number of ketones is 1. The maximum absolute atomic E-state index is 12.5. The van der Waals surface area contributed by atoms with Gasteiger partial charge in [0.15, 0.2) is 5.78 Å². The Kier molecular flexibility index (Phi) is 4.41. The zero-order valence-electron chi connectivity index (χ0n) is 14.2. The Morgan fingerprint density at radius 2 is 2.00 bits per heavy atom. The number of hydrogen-bond donors (Lipinski definition) is 0. The van der Waals surface area contributed by atoms with Gasteiger partial charge in [0.1, 0.15) is 0 Å². The molecular weight excluding hydrogens is 326 g/mol. The van der Waals surface area contributed by atoms with E-state index < -0.39 is 0 Å². The Bertz CT molecular complexity index is 922. The molecule has 0 aromatic heterocycles. The summed E-state index contributed by atoms with van der Waals surface area (Å²) in [7, 11) is 0. The number of allylic oxidation sites excluding steroid dienone is 3. The van der Waals surface area contributed by atoms with E-state index in [1.54, 1.807) is 6.08 Å². The Balaban J connectivity index is 1.63. The van der Waals surface area contributed by atoms with Gasteiger partial charge in [0.25, 0.3) is 0 Å². The van der Waals surface area contributed by atoms with Crippen molar-refractivity contribution in [1.82, 2.24) is 0 Å². The van der Waals surface area contributed by atoms with Gasteiger partial charge in [-0.3, -0.25) is 9.79 Å². The van der Waals surface area contributed by atoms with Crippen molar-refractivity contribution in [1.29, 1.82) is 0 Å². The molecule has 25 heavy (non-hydrogen) atoms. The van der Waals surface area contributed by atoms with Gasteiger partial charge in [-0.2, -0.15) is 0 Å². The second-order valence-electron chi connectivity index (χ2n) is 6.35. The second kappa shape index (κ2) is 6.85. The van der Waals surface area contributed by atoms with Crippen molar-refractivity contribution < 1.29 is 4.79 Å². The number of fused-ring (bicyclic) bond motifs is 1. The molecule has 124 valence electrons. The van der Waals surface area contributed by atoms with E-state index in [1.165, 1.54) is 16.7 Å². The van der Waals surface area contributed by atoms with Crippen molar-refractivity contribution in [3.05, 3.63) is 88.0 Å². The number of carbonyl (C=O) groups excluding carboxylic acids is 1. The van der Waals surface area contributed by atoms with Crippen LogP contribution >= 0.6 is 11.8 Å². The molecule has 0 saturated heterocycles. The topological polar surface area (TPSA) is 29.4 Å². The van der Waals surface area contributed by atoms with Crippen LogP contribution in [0.2, 0.25) is 0 Å². The van der Waals surface area contributed by atoms with Gasteiger partial charge in [-0.1, -0.05) is 48.5 Å². The lowest BCUT2D eigenvalue weighted by molar-refractivity contribution is 0.104. The molecule has 3 heteroatoms. The van der Waals surface area contributed by atoms with Crippen molar-refractivity contribution >= 4 is 28.7 Å². The highest BCUT2D eigenvalue weighted by Crippen LogP contribution is 2.30. The molecule has 0 amide bonds. The third-order valence-electron chi connectivity index (χ3n) is 4.60. The molecule has 0 atom stereocenters. The summed E-state index contributed by atoms with van der Waals surface area (Å²) in [5.74, 6) is 1.15. The summed E-state index contributed by atoms with van der Waals surface area (Å²) >= 11 is 1.83. The van der Waals surface area contributed by atoms with Crippen LogP contribution in [-0.4, -0.2) is 23.1 Å². The number of hydrogen-bond acceptors (Lipinski definition) is 3. The molecule has 0 saturated carbocycles. The van der Waals surface area contributed by atoms with Crippen LogP contribution in [0.3, 0.4) is 0 Å². The Morgan fingerprint density at radius 3 is 2.76 bits per heavy atom. The smallest absolute Gasteiger partial charge is 0.186 e. The number of rotatable bonds is 3. The maximum atomic E-state index is 12.5. The lowest BCUT2D eigenvalue weighted by Crippen LogP contribution is -2.06. The highest BCUT2D eigenvalue weighted by molar-refractivity contribution is 8.14. The van der Waals surface area contributed by atoms with Gasteiger partial charge in [-0.25, -0.2) is 0 Å². The first kappa shape index (κ1) is 16.1. The van der Waals surface area contributed by atoms with E-state index in [0.717, 1.165) is 40.5 Å². The molecule has 2 nitrogen and oxygen atoms in total. The molecule has 0 unspecified atom stereocenters. The quantitative estimate of drug-likeness (QED) is 0.582. The van der Waals surface area contributed by atoms with Gasteiger partial charge in [-0.15, -0.1) is 11.8 Å². The fourth-order valence-electron chi connectivity index (χ4n) is 3.21. The van der Waals surface area contributed by atoms with Gasteiger partial charge in [-0.05, 0) is 47.8 Å². The Hall–Kier alpha value is -2.39. The van der Waals surface area contributed by atoms with E-state index in [0.29, 0.717) is 0 Å². The molecule has 0 N–H and O–H groups in total. The minimum atomic E-state index is 0.0696. The summed E-state index contributed by atoms with van der Waals surface area (Å²) in [4.78, 5) is 17.0. The van der Waals surface area contributed by atoms with Crippen molar-refractivity contribution in [3.8, 4) is 0 Å². The second-order valence-corrected chi connectivity index (χ2v) is 7.44. The van der Waals surface area contributed by atoms with E-state index in [2.05, 4.69) is 36.2 Å². The minimum absolute atomic E-state index is 0.0696. The van der Waals surface area contributed by atoms with Crippen molar-refractivity contribution in [3.63, 3.8) is 0 Å². The first-order chi connectivity index (χ1) is 12.2. The molecule has 2 aliphatic rings. The molecule has 0 spiro atoms. The molecule has 4 rings (SSSR count). The lowest BCUT2D eigenvalue weighted by atomic mass is 9.87. The van der Waals surface area contributed by atoms with Gasteiger partial charge in [0.2, 0.25) is 0 Å². The predicted molar refractivity (Wildman–Crippen MR) is 107 cm³/mol. The predicted octanol–water partition coefficient (Wildman–Crippen LogP) is 4.95. The van der Waals surface area contributed by atoms with Gasteiger partial charge >= 0.3 is 0 Å². The summed E-state index contributed by atoms with van der Waals surface area (Å²) in [6.45, 7) is 3.00. The highest BCUT2D eigenvalue weighted by Gasteiger charge is 2.17. The van der Waals surface area contributed by atoms with Crippen LogP contribution in [0.15, 0.2) is 70.7 Å². The van der Waals surface area contributed by atoms with Gasteiger partial charge < -0.3 is 0 Å². The first-order valence-electron chi connectivity index (χ1n) is 8.50. The van der Waals surface area contributed by atoms with Crippen molar-refractivity contribution in [2.75, 3.05) is 12.3 Å². The largest absolute Gasteiger partial charge is 0.289 e. The van der Waals surface area contributed by atoms with Gasteiger partial charge in [0, 0.05) is 23.4 Å². The first-order valence-corrected chi connectivity index (χ1v) is 9.48. The number of thioether (sulfide) groups is 1. The van der Waals surface area contributed by atoms with Crippen molar-refractivity contribution in [2.45, 2.75) is 13.3 Å². The standard InChI is InChI=1S/C22H19NOS/c1-15-11-20-13-18(22-23-9-10-25-22)8-7-17(20)12-19(15)14-21(24)16-5-3-2-4-6-16/h2-8,11,13-14H,9-10,12H2,1H3. The molecule has 1 aliphatic heterocycles. The van der Waals surface area contributed by atoms with E-state index in [-0.39, 0.29) is 5.78 Å². The van der Waals surface area contributed by atoms with Crippen LogP contribution in [0, 0.1) is 0 Å². The number of benzene rings is 2. The van der Waals surface area contributed by atoms with Crippen LogP contribution in [0.25, 0.3) is 6.08 Å². The fourth-order valence-corrected chi connectivity index (χ4v) is 4.06. The Morgan fingerprint density at radius 1 is 1.16 bits per heavy atom. The fraction of sp³-hybridized carbons (Fsp3) is 0.182. The molecule has 1 aliphatic carbocycles. The minimum Gasteiger partial charge on any atom is -0.289 e. The zero-order valence-corrected chi connectivity index (χ0v) is 15.0. The normalized spacial score (nSPS) is 17.9. The summed E-state index contributed by atoms with van der Waals surface area (Å²) in [6.07, 6.45) is 4.78. The summed E-state index contributed by atoms with van der Waals surface area (Å²) in [6, 6.07) is 16.0. The number of nitrogens with zero attached hydrogens (tertiary/aromatic N) is 1. The molecule has 0 bridgehead atoms. The van der Waals surface area contributed by atoms with Crippen LogP contribution < -0.4 is 0 Å². The Labute approximate surface area is 152 Å². The lowest BCUT2D eigenvalue weighted by Gasteiger charge is -2.18.